The minimum Gasteiger partial charge on any atom is -0.508 e. The Hall–Kier alpha value is -6.07. The Morgan fingerprint density at radius 3 is 1.82 bits per heavy atom. The second-order valence-corrected chi connectivity index (χ2v) is 15.7. The molecule has 0 radical (unpaired) electrons. The van der Waals surface area contributed by atoms with Crippen molar-refractivity contribution in [3.05, 3.63) is 59.9 Å². The fourth-order valence-corrected chi connectivity index (χ4v) is 6.31. The standard InChI is InChI=1S/C42H61N7O11/c1-9-26(6)36(47-41(58)37(25(4)5)49(8)34(52)21-27-13-15-29(50)16-14-27)40(57)45-30(22-33(51)48(7)19-17-28-12-10-11-18-43-28)38(55)44-31(23-35(53)54)39(56)46-32(42(59)60)20-24(2)3/h10-16,18,24-26,30-32,36-37,50H,9,17,19-23H2,1-8H3,(H,44,55)(H,45,57)(H,46,56)(H,47,58)(H,53,54)(H,59,60)/t26-,30?,31-,32-,36-,37-/m0/s1. The highest BCUT2D eigenvalue weighted by atomic mass is 16.4. The zero-order valence-electron chi connectivity index (χ0n) is 35.6. The van der Waals surface area contributed by atoms with E-state index in [1.165, 1.54) is 36.0 Å². The van der Waals surface area contributed by atoms with Crippen LogP contribution in [0.15, 0.2) is 48.7 Å². The van der Waals surface area contributed by atoms with Crippen LogP contribution in [0, 0.1) is 17.8 Å². The molecule has 1 heterocycles. The first-order valence-corrected chi connectivity index (χ1v) is 20.0. The third-order valence-electron chi connectivity index (χ3n) is 10.00. The molecule has 1 aromatic carbocycles. The highest BCUT2D eigenvalue weighted by Gasteiger charge is 2.37. The summed E-state index contributed by atoms with van der Waals surface area (Å²) >= 11 is 0. The Morgan fingerprint density at radius 2 is 1.30 bits per heavy atom. The van der Waals surface area contributed by atoms with Crippen LogP contribution in [0.1, 0.15) is 78.5 Å². The van der Waals surface area contributed by atoms with Gasteiger partial charge in [-0.05, 0) is 54.0 Å². The van der Waals surface area contributed by atoms with Gasteiger partial charge in [-0.1, -0.05) is 66.2 Å². The van der Waals surface area contributed by atoms with E-state index in [9.17, 15) is 53.7 Å². The van der Waals surface area contributed by atoms with Gasteiger partial charge in [-0.25, -0.2) is 4.79 Å². The summed E-state index contributed by atoms with van der Waals surface area (Å²) in [6.07, 6.45) is 0.669. The fourth-order valence-electron chi connectivity index (χ4n) is 6.31. The Morgan fingerprint density at radius 1 is 0.717 bits per heavy atom. The van der Waals surface area contributed by atoms with Crippen molar-refractivity contribution in [2.75, 3.05) is 20.6 Å². The lowest BCUT2D eigenvalue weighted by atomic mass is 9.95. The van der Waals surface area contributed by atoms with Gasteiger partial charge in [0.15, 0.2) is 0 Å². The molecule has 0 fully saturated rings. The molecule has 18 heteroatoms. The van der Waals surface area contributed by atoms with Gasteiger partial charge in [0.05, 0.1) is 19.3 Å². The SMILES string of the molecule is CC[C@H](C)[C@H](NC(=O)[C@H](C(C)C)N(C)C(=O)Cc1ccc(O)cc1)C(=O)NC(CC(=O)N(C)CCc1ccccn1)C(=O)N[C@@H](CC(=O)O)C(=O)N[C@@H](CC(C)C)C(=O)O. The molecule has 0 bridgehead atoms. The van der Waals surface area contributed by atoms with Crippen LogP contribution in [0.4, 0.5) is 0 Å². The van der Waals surface area contributed by atoms with E-state index in [1.54, 1.807) is 78.1 Å². The highest BCUT2D eigenvalue weighted by Crippen LogP contribution is 2.17. The quantitative estimate of drug-likeness (QED) is 0.0793. The summed E-state index contributed by atoms with van der Waals surface area (Å²) in [5.41, 5.74) is 1.30. The summed E-state index contributed by atoms with van der Waals surface area (Å²) in [5, 5.41) is 38.8. The predicted molar refractivity (Wildman–Crippen MR) is 220 cm³/mol. The number of amides is 6. The lowest BCUT2D eigenvalue weighted by Gasteiger charge is -2.33. The number of aliphatic carboxylic acids is 2. The van der Waals surface area contributed by atoms with E-state index in [0.717, 1.165) is 0 Å². The number of benzene rings is 1. The number of hydrogen-bond donors (Lipinski definition) is 7. The van der Waals surface area contributed by atoms with Crippen molar-refractivity contribution < 1.29 is 53.7 Å². The van der Waals surface area contributed by atoms with Gasteiger partial charge in [0.1, 0.15) is 36.0 Å². The van der Waals surface area contributed by atoms with E-state index in [2.05, 4.69) is 26.3 Å². The molecule has 330 valence electrons. The number of likely N-dealkylation sites (N-methyl/N-ethyl adjacent to an activating group) is 2. The lowest BCUT2D eigenvalue weighted by Crippen LogP contribution is -2.61. The predicted octanol–water partition coefficient (Wildman–Crippen LogP) is 1.49. The highest BCUT2D eigenvalue weighted by molar-refractivity contribution is 5.98. The average Bonchev–Trinajstić information content (AvgIpc) is 3.18. The fraction of sp³-hybridized carbons (Fsp3) is 0.548. The van der Waals surface area contributed by atoms with Crippen LogP contribution in [-0.4, -0.2) is 128 Å². The van der Waals surface area contributed by atoms with Gasteiger partial charge in [-0.15, -0.1) is 0 Å². The van der Waals surface area contributed by atoms with Crippen LogP contribution >= 0.6 is 0 Å². The number of nitrogens with one attached hydrogen (secondary N) is 4. The number of carbonyl (C=O) groups is 8. The summed E-state index contributed by atoms with van der Waals surface area (Å²) in [7, 11) is 2.95. The third-order valence-corrected chi connectivity index (χ3v) is 10.00. The molecule has 0 aliphatic rings. The number of phenols is 1. The van der Waals surface area contributed by atoms with Gasteiger partial charge in [0.25, 0.3) is 0 Å². The first-order valence-electron chi connectivity index (χ1n) is 20.0. The number of carboxylic acid groups (broad SMARTS) is 2. The molecule has 0 aliphatic heterocycles. The normalized spacial score (nSPS) is 14.1. The molecular formula is C42H61N7O11. The zero-order valence-corrected chi connectivity index (χ0v) is 35.6. The first-order chi connectivity index (χ1) is 28.1. The van der Waals surface area contributed by atoms with E-state index in [0.29, 0.717) is 24.1 Å². The summed E-state index contributed by atoms with van der Waals surface area (Å²) in [6.45, 7) is 10.5. The van der Waals surface area contributed by atoms with Gasteiger partial charge < -0.3 is 46.4 Å². The molecule has 60 heavy (non-hydrogen) atoms. The third kappa shape index (κ3) is 16.3. The van der Waals surface area contributed by atoms with Gasteiger partial charge >= 0.3 is 11.9 Å². The molecule has 1 aromatic heterocycles. The van der Waals surface area contributed by atoms with Crippen LogP contribution in [0.5, 0.6) is 5.75 Å². The summed E-state index contributed by atoms with van der Waals surface area (Å²) < 4.78 is 0. The van der Waals surface area contributed by atoms with Crippen LogP contribution in [0.25, 0.3) is 0 Å². The maximum absolute atomic E-state index is 14.2. The van der Waals surface area contributed by atoms with Crippen LogP contribution < -0.4 is 21.3 Å². The second-order valence-electron chi connectivity index (χ2n) is 15.7. The van der Waals surface area contributed by atoms with Crippen molar-refractivity contribution >= 4 is 47.4 Å². The number of carboxylic acids is 2. The number of aromatic nitrogens is 1. The van der Waals surface area contributed by atoms with Gasteiger partial charge in [0, 0.05) is 39.0 Å². The maximum atomic E-state index is 14.2. The van der Waals surface area contributed by atoms with Gasteiger partial charge in [-0.3, -0.25) is 38.5 Å². The van der Waals surface area contributed by atoms with Crippen molar-refractivity contribution in [1.82, 2.24) is 36.1 Å². The maximum Gasteiger partial charge on any atom is 0.326 e. The van der Waals surface area contributed by atoms with Crippen molar-refractivity contribution in [3.8, 4) is 5.75 Å². The van der Waals surface area contributed by atoms with Gasteiger partial charge in [-0.2, -0.15) is 0 Å². The number of aromatic hydroxyl groups is 1. The zero-order chi connectivity index (χ0) is 45.3. The molecule has 2 aromatic rings. The smallest absolute Gasteiger partial charge is 0.326 e. The van der Waals surface area contributed by atoms with Crippen LogP contribution in [0.2, 0.25) is 0 Å². The molecule has 0 saturated carbocycles. The molecule has 18 nitrogen and oxygen atoms in total. The molecule has 0 saturated heterocycles. The molecule has 1 unspecified atom stereocenters. The number of nitrogens with zero attached hydrogens (tertiary/aromatic N) is 3. The van der Waals surface area contributed by atoms with E-state index in [-0.39, 0.29) is 31.1 Å². The summed E-state index contributed by atoms with van der Waals surface area (Å²) in [6, 6.07) is 4.13. The first kappa shape index (κ1) is 50.1. The number of hydrogen-bond acceptors (Lipinski definition) is 10. The van der Waals surface area contributed by atoms with Crippen molar-refractivity contribution in [2.24, 2.45) is 17.8 Å². The van der Waals surface area contributed by atoms with E-state index in [1.807, 2.05) is 0 Å². The lowest BCUT2D eigenvalue weighted by molar-refractivity contribution is -0.144. The number of rotatable bonds is 24. The summed E-state index contributed by atoms with van der Waals surface area (Å²) in [4.78, 5) is 113. The molecular weight excluding hydrogens is 778 g/mol. The van der Waals surface area contributed by atoms with E-state index >= 15 is 0 Å². The van der Waals surface area contributed by atoms with Gasteiger partial charge in [0.2, 0.25) is 35.4 Å². The van der Waals surface area contributed by atoms with Crippen molar-refractivity contribution in [2.45, 2.75) is 110 Å². The number of carbonyl (C=O) groups excluding carboxylic acids is 6. The monoisotopic (exact) mass is 839 g/mol. The van der Waals surface area contributed by atoms with Crippen LogP contribution in [0.3, 0.4) is 0 Å². The molecule has 7 N–H and O–H groups in total. The minimum atomic E-state index is -1.80. The topological polar surface area (TPSA) is 265 Å². The number of phenolic OH excluding ortho intramolecular Hbond substituents is 1. The molecule has 2 rings (SSSR count). The molecule has 6 amide bonds. The van der Waals surface area contributed by atoms with E-state index < -0.39 is 102 Å². The van der Waals surface area contributed by atoms with Crippen LogP contribution in [-0.2, 0) is 51.2 Å². The Kier molecular flexibility index (Phi) is 20.1. The molecule has 6 atom stereocenters. The Labute approximate surface area is 350 Å². The molecule has 0 spiro atoms. The largest absolute Gasteiger partial charge is 0.508 e. The minimum absolute atomic E-state index is 0.00951. The van der Waals surface area contributed by atoms with Crippen molar-refractivity contribution in [3.63, 3.8) is 0 Å². The van der Waals surface area contributed by atoms with E-state index in [4.69, 9.17) is 0 Å². The second kappa shape index (κ2) is 24.1. The molecule has 0 aliphatic carbocycles. The number of pyridine rings is 1. The average molecular weight is 840 g/mol. The summed E-state index contributed by atoms with van der Waals surface area (Å²) in [5.74, 6) is -8.72. The Balaban J connectivity index is 2.43. The van der Waals surface area contributed by atoms with Crippen molar-refractivity contribution in [1.29, 1.82) is 0 Å². The Bertz CT molecular complexity index is 1790.